The van der Waals surface area contributed by atoms with E-state index in [9.17, 15) is 9.59 Å². The van der Waals surface area contributed by atoms with Crippen LogP contribution in [0.2, 0.25) is 0 Å². The van der Waals surface area contributed by atoms with E-state index in [-0.39, 0.29) is 18.0 Å². The zero-order chi connectivity index (χ0) is 14.8. The quantitative estimate of drug-likeness (QED) is 0.830. The Kier molecular flexibility index (Phi) is 3.56. The van der Waals surface area contributed by atoms with Gasteiger partial charge in [-0.2, -0.15) is 0 Å². The van der Waals surface area contributed by atoms with Crippen molar-refractivity contribution in [3.8, 4) is 0 Å². The topological polar surface area (TPSA) is 55.2 Å². The Morgan fingerprint density at radius 1 is 1.29 bits per heavy atom. The van der Waals surface area contributed by atoms with E-state index in [0.29, 0.717) is 18.8 Å². The van der Waals surface area contributed by atoms with Crippen molar-refractivity contribution in [3.63, 3.8) is 0 Å². The molecule has 0 radical (unpaired) electrons. The van der Waals surface area contributed by atoms with Crippen LogP contribution in [0.1, 0.15) is 16.8 Å². The molecule has 2 aromatic rings. The normalized spacial score (nSPS) is 13.9. The van der Waals surface area contributed by atoms with E-state index in [0.717, 1.165) is 6.42 Å². The summed E-state index contributed by atoms with van der Waals surface area (Å²) in [6.07, 6.45) is 2.30. The van der Waals surface area contributed by atoms with Crippen LogP contribution in [-0.2, 0) is 24.3 Å². The van der Waals surface area contributed by atoms with Gasteiger partial charge in [0.05, 0.1) is 6.33 Å². The molecule has 0 fully saturated rings. The van der Waals surface area contributed by atoms with Crippen LogP contribution in [0, 0.1) is 6.92 Å². The van der Waals surface area contributed by atoms with Crippen molar-refractivity contribution in [2.24, 2.45) is 0 Å². The summed E-state index contributed by atoms with van der Waals surface area (Å²) in [6, 6.07) is 9.60. The van der Waals surface area contributed by atoms with Crippen molar-refractivity contribution in [2.45, 2.75) is 26.4 Å². The van der Waals surface area contributed by atoms with Gasteiger partial charge in [-0.3, -0.25) is 14.2 Å². The summed E-state index contributed by atoms with van der Waals surface area (Å²) >= 11 is 0. The number of carbonyl (C=O) groups is 1. The third kappa shape index (κ3) is 2.86. The molecule has 0 atom stereocenters. The number of nitrogens with zero attached hydrogens (tertiary/aromatic N) is 3. The predicted molar refractivity (Wildman–Crippen MR) is 78.8 cm³/mol. The van der Waals surface area contributed by atoms with Crippen molar-refractivity contribution in [1.82, 2.24) is 14.5 Å². The third-order valence-corrected chi connectivity index (χ3v) is 3.81. The van der Waals surface area contributed by atoms with Gasteiger partial charge < -0.3 is 4.90 Å². The van der Waals surface area contributed by atoms with Crippen LogP contribution in [0.3, 0.4) is 0 Å². The third-order valence-electron chi connectivity index (χ3n) is 3.81. The molecule has 0 bridgehead atoms. The van der Waals surface area contributed by atoms with E-state index in [4.69, 9.17) is 0 Å². The number of hydrogen-bond acceptors (Lipinski definition) is 3. The summed E-state index contributed by atoms with van der Waals surface area (Å²) in [5, 5.41) is 0. The van der Waals surface area contributed by atoms with Gasteiger partial charge in [-0.1, -0.05) is 24.3 Å². The first-order valence-corrected chi connectivity index (χ1v) is 7.01. The Labute approximate surface area is 122 Å². The maximum Gasteiger partial charge on any atom is 0.253 e. The second-order valence-electron chi connectivity index (χ2n) is 5.33. The lowest BCUT2D eigenvalue weighted by Gasteiger charge is -2.29. The highest BCUT2D eigenvalue weighted by Gasteiger charge is 2.20. The largest absolute Gasteiger partial charge is 0.336 e. The number of hydrogen-bond donors (Lipinski definition) is 0. The molecule has 5 nitrogen and oxygen atoms in total. The number of benzene rings is 1. The molecule has 0 aliphatic carbocycles. The molecule has 0 saturated heterocycles. The predicted octanol–water partition coefficient (Wildman–Crippen LogP) is 1.14. The molecule has 2 heterocycles. The zero-order valence-corrected chi connectivity index (χ0v) is 12.0. The van der Waals surface area contributed by atoms with Crippen LogP contribution in [0.15, 0.2) is 41.5 Å². The standard InChI is InChI=1S/C16H17N3O2/c1-12-8-15(20)19(11-17-12)10-16(21)18-7-6-13-4-2-3-5-14(13)9-18/h2-5,8,11H,6-7,9-10H2,1H3. The number of fused-ring (bicyclic) bond motifs is 1. The molecule has 1 aromatic carbocycles. The Balaban J connectivity index is 1.74. The van der Waals surface area contributed by atoms with Gasteiger partial charge in [0.2, 0.25) is 5.91 Å². The molecular weight excluding hydrogens is 266 g/mol. The molecule has 108 valence electrons. The molecule has 1 aromatic heterocycles. The molecule has 3 rings (SSSR count). The van der Waals surface area contributed by atoms with Crippen molar-refractivity contribution >= 4 is 5.91 Å². The SMILES string of the molecule is Cc1cc(=O)n(CC(=O)N2CCc3ccccc3C2)cn1. The number of amides is 1. The first-order chi connectivity index (χ1) is 10.1. The van der Waals surface area contributed by atoms with E-state index in [1.165, 1.54) is 28.1 Å². The minimum Gasteiger partial charge on any atom is -0.336 e. The van der Waals surface area contributed by atoms with Gasteiger partial charge in [0.1, 0.15) is 6.54 Å². The van der Waals surface area contributed by atoms with Gasteiger partial charge in [-0.15, -0.1) is 0 Å². The van der Waals surface area contributed by atoms with Crippen molar-refractivity contribution < 1.29 is 4.79 Å². The van der Waals surface area contributed by atoms with Gasteiger partial charge in [0.25, 0.3) is 5.56 Å². The second-order valence-corrected chi connectivity index (χ2v) is 5.33. The zero-order valence-electron chi connectivity index (χ0n) is 12.0. The van der Waals surface area contributed by atoms with E-state index in [1.807, 2.05) is 18.2 Å². The highest BCUT2D eigenvalue weighted by Crippen LogP contribution is 2.18. The van der Waals surface area contributed by atoms with Crippen molar-refractivity contribution in [3.05, 3.63) is 63.8 Å². The summed E-state index contributed by atoms with van der Waals surface area (Å²) in [4.78, 5) is 30.0. The first-order valence-electron chi connectivity index (χ1n) is 7.01. The van der Waals surface area contributed by atoms with E-state index < -0.39 is 0 Å². The van der Waals surface area contributed by atoms with E-state index in [1.54, 1.807) is 11.8 Å². The van der Waals surface area contributed by atoms with Crippen LogP contribution in [0.4, 0.5) is 0 Å². The van der Waals surface area contributed by atoms with Crippen LogP contribution >= 0.6 is 0 Å². The van der Waals surface area contributed by atoms with Crippen LogP contribution in [0.5, 0.6) is 0 Å². The summed E-state index contributed by atoms with van der Waals surface area (Å²) in [7, 11) is 0. The number of aryl methyl sites for hydroxylation is 1. The molecule has 1 amide bonds. The second kappa shape index (κ2) is 5.52. The number of carbonyl (C=O) groups excluding carboxylic acids is 1. The van der Waals surface area contributed by atoms with Crippen molar-refractivity contribution in [2.75, 3.05) is 6.54 Å². The smallest absolute Gasteiger partial charge is 0.253 e. The summed E-state index contributed by atoms with van der Waals surface area (Å²) < 4.78 is 1.36. The van der Waals surface area contributed by atoms with Gasteiger partial charge in [-0.05, 0) is 24.5 Å². The fraction of sp³-hybridized carbons (Fsp3) is 0.312. The lowest BCUT2D eigenvalue weighted by Crippen LogP contribution is -2.39. The summed E-state index contributed by atoms with van der Waals surface area (Å²) in [6.45, 7) is 3.12. The van der Waals surface area contributed by atoms with Gasteiger partial charge in [0, 0.05) is 24.8 Å². The maximum absolute atomic E-state index is 12.4. The lowest BCUT2D eigenvalue weighted by molar-refractivity contribution is -0.132. The Hall–Kier alpha value is -2.43. The van der Waals surface area contributed by atoms with Crippen molar-refractivity contribution in [1.29, 1.82) is 0 Å². The van der Waals surface area contributed by atoms with E-state index >= 15 is 0 Å². The summed E-state index contributed by atoms with van der Waals surface area (Å²) in [5.74, 6) is -0.0442. The number of rotatable bonds is 2. The van der Waals surface area contributed by atoms with Crippen LogP contribution in [-0.4, -0.2) is 26.9 Å². The number of aromatic nitrogens is 2. The molecule has 1 aliphatic heterocycles. The van der Waals surface area contributed by atoms with Crippen LogP contribution < -0.4 is 5.56 Å². The molecule has 1 aliphatic rings. The fourth-order valence-corrected chi connectivity index (χ4v) is 2.59. The minimum absolute atomic E-state index is 0.0442. The van der Waals surface area contributed by atoms with E-state index in [2.05, 4.69) is 11.1 Å². The Morgan fingerprint density at radius 3 is 2.81 bits per heavy atom. The average molecular weight is 283 g/mol. The highest BCUT2D eigenvalue weighted by atomic mass is 16.2. The molecule has 0 unspecified atom stereocenters. The summed E-state index contributed by atoms with van der Waals surface area (Å²) in [5.41, 5.74) is 2.96. The van der Waals surface area contributed by atoms with Crippen LogP contribution in [0.25, 0.3) is 0 Å². The van der Waals surface area contributed by atoms with Gasteiger partial charge in [-0.25, -0.2) is 4.98 Å². The molecular formula is C16H17N3O2. The fourth-order valence-electron chi connectivity index (χ4n) is 2.59. The minimum atomic E-state index is -0.187. The van der Waals surface area contributed by atoms with Gasteiger partial charge >= 0.3 is 0 Å². The van der Waals surface area contributed by atoms with Gasteiger partial charge in [0.15, 0.2) is 0 Å². The lowest BCUT2D eigenvalue weighted by atomic mass is 10.00. The first kappa shape index (κ1) is 13.5. The highest BCUT2D eigenvalue weighted by molar-refractivity contribution is 5.76. The average Bonchev–Trinajstić information content (AvgIpc) is 2.49. The monoisotopic (exact) mass is 283 g/mol. The Morgan fingerprint density at radius 2 is 2.05 bits per heavy atom. The molecule has 0 spiro atoms. The molecule has 0 saturated carbocycles. The maximum atomic E-state index is 12.4. The molecule has 5 heteroatoms. The Bertz CT molecular complexity index is 736. The molecule has 0 N–H and O–H groups in total. The molecule has 21 heavy (non-hydrogen) atoms.